The summed E-state index contributed by atoms with van der Waals surface area (Å²) in [6, 6.07) is 3.68. The van der Waals surface area contributed by atoms with E-state index in [0.29, 0.717) is 17.6 Å². The van der Waals surface area contributed by atoms with Gasteiger partial charge in [0.25, 0.3) is 0 Å². The quantitative estimate of drug-likeness (QED) is 0.801. The summed E-state index contributed by atoms with van der Waals surface area (Å²) in [6.07, 6.45) is 1.71. The zero-order valence-corrected chi connectivity index (χ0v) is 11.9. The normalized spacial score (nSPS) is 10.5. The monoisotopic (exact) mass is 294 g/mol. The molecule has 106 valence electrons. The van der Waals surface area contributed by atoms with Crippen LogP contribution in [0, 0.1) is 6.92 Å². The number of nitrogens with zero attached hydrogens (tertiary/aromatic N) is 4. The molecule has 0 amide bonds. The van der Waals surface area contributed by atoms with Crippen molar-refractivity contribution in [3.05, 3.63) is 29.7 Å². The lowest BCUT2D eigenvalue weighted by Crippen LogP contribution is -2.06. The van der Waals surface area contributed by atoms with E-state index in [1.165, 1.54) is 0 Å². The Kier molecular flexibility index (Phi) is 4.57. The Labute approximate surface area is 120 Å². The maximum Gasteiger partial charge on any atom is 0.313 e. The van der Waals surface area contributed by atoms with Gasteiger partial charge in [-0.25, -0.2) is 4.98 Å². The maximum atomic E-state index is 10.6. The summed E-state index contributed by atoms with van der Waals surface area (Å²) in [4.78, 5) is 14.8. The van der Waals surface area contributed by atoms with Gasteiger partial charge in [0.2, 0.25) is 5.88 Å². The minimum Gasteiger partial charge on any atom is -0.481 e. The summed E-state index contributed by atoms with van der Waals surface area (Å²) in [5, 5.41) is 17.3. The highest BCUT2D eigenvalue weighted by atomic mass is 32.2. The second kappa shape index (κ2) is 6.38. The zero-order chi connectivity index (χ0) is 14.5. The number of carbonyl (C=O) groups is 1. The van der Waals surface area contributed by atoms with Crippen LogP contribution in [0.5, 0.6) is 5.88 Å². The third-order valence-corrected chi connectivity index (χ3v) is 3.53. The number of methoxy groups -OCH3 is 1. The topological polar surface area (TPSA) is 90.1 Å². The van der Waals surface area contributed by atoms with Crippen molar-refractivity contribution >= 4 is 17.7 Å². The van der Waals surface area contributed by atoms with Crippen LogP contribution in [0.4, 0.5) is 0 Å². The smallest absolute Gasteiger partial charge is 0.313 e. The van der Waals surface area contributed by atoms with Crippen molar-refractivity contribution in [2.75, 3.05) is 12.9 Å². The molecule has 0 saturated heterocycles. The largest absolute Gasteiger partial charge is 0.481 e. The Hall–Kier alpha value is -2.09. The van der Waals surface area contributed by atoms with Gasteiger partial charge in [-0.3, -0.25) is 4.79 Å². The van der Waals surface area contributed by atoms with E-state index in [1.807, 2.05) is 17.6 Å². The van der Waals surface area contributed by atoms with Crippen molar-refractivity contribution in [1.29, 1.82) is 0 Å². The zero-order valence-electron chi connectivity index (χ0n) is 11.1. The van der Waals surface area contributed by atoms with Crippen LogP contribution < -0.4 is 4.74 Å². The first-order valence-corrected chi connectivity index (χ1v) is 6.82. The number of hydrogen-bond donors (Lipinski definition) is 1. The van der Waals surface area contributed by atoms with Gasteiger partial charge < -0.3 is 14.4 Å². The van der Waals surface area contributed by atoms with Crippen LogP contribution in [0.2, 0.25) is 0 Å². The molecule has 0 spiro atoms. The fourth-order valence-corrected chi connectivity index (χ4v) is 2.29. The Morgan fingerprint density at radius 2 is 2.25 bits per heavy atom. The molecular weight excluding hydrogens is 280 g/mol. The molecule has 2 aromatic rings. The average molecular weight is 294 g/mol. The standard InChI is InChI=1S/C12H14N4O3S/c1-8-14-15-12(20-7-11(17)18)16(8)6-9-3-4-10(19-2)13-5-9/h3-5H,6-7H2,1-2H3,(H,17,18). The molecular formula is C12H14N4O3S. The highest BCUT2D eigenvalue weighted by Gasteiger charge is 2.11. The molecule has 0 aromatic carbocycles. The van der Waals surface area contributed by atoms with Crippen LogP contribution in [0.1, 0.15) is 11.4 Å². The van der Waals surface area contributed by atoms with E-state index in [9.17, 15) is 4.79 Å². The number of thioether (sulfide) groups is 1. The Bertz CT molecular complexity index is 597. The van der Waals surface area contributed by atoms with Gasteiger partial charge >= 0.3 is 5.97 Å². The van der Waals surface area contributed by atoms with Crippen LogP contribution in [0.3, 0.4) is 0 Å². The first-order valence-electron chi connectivity index (χ1n) is 5.83. The van der Waals surface area contributed by atoms with Crippen molar-refractivity contribution in [2.24, 2.45) is 0 Å². The molecule has 20 heavy (non-hydrogen) atoms. The lowest BCUT2D eigenvalue weighted by atomic mass is 10.3. The number of carboxylic acid groups (broad SMARTS) is 1. The van der Waals surface area contributed by atoms with Gasteiger partial charge in [-0.2, -0.15) is 0 Å². The Morgan fingerprint density at radius 1 is 1.45 bits per heavy atom. The van der Waals surface area contributed by atoms with E-state index >= 15 is 0 Å². The lowest BCUT2D eigenvalue weighted by Gasteiger charge is -2.08. The second-order valence-electron chi connectivity index (χ2n) is 4.01. The molecule has 0 fully saturated rings. The third-order valence-electron chi connectivity index (χ3n) is 2.57. The number of aliphatic carboxylic acids is 1. The van der Waals surface area contributed by atoms with Crippen molar-refractivity contribution in [2.45, 2.75) is 18.6 Å². The molecule has 0 unspecified atom stereocenters. The Balaban J connectivity index is 2.14. The van der Waals surface area contributed by atoms with E-state index in [4.69, 9.17) is 9.84 Å². The summed E-state index contributed by atoms with van der Waals surface area (Å²) in [5.74, 6) is 0.357. The van der Waals surface area contributed by atoms with Gasteiger partial charge in [0.15, 0.2) is 5.16 Å². The van der Waals surface area contributed by atoms with Crippen LogP contribution in [0.25, 0.3) is 0 Å². The Morgan fingerprint density at radius 3 is 2.85 bits per heavy atom. The number of aryl methyl sites for hydroxylation is 1. The van der Waals surface area contributed by atoms with Crippen molar-refractivity contribution in [3.63, 3.8) is 0 Å². The predicted molar refractivity (Wildman–Crippen MR) is 73.0 cm³/mol. The molecule has 0 bridgehead atoms. The summed E-state index contributed by atoms with van der Waals surface area (Å²) < 4.78 is 6.86. The first kappa shape index (κ1) is 14.3. The van der Waals surface area contributed by atoms with Crippen molar-refractivity contribution in [1.82, 2.24) is 19.7 Å². The highest BCUT2D eigenvalue weighted by Crippen LogP contribution is 2.18. The summed E-state index contributed by atoms with van der Waals surface area (Å²) in [5.41, 5.74) is 0.964. The van der Waals surface area contributed by atoms with Gasteiger partial charge in [-0.1, -0.05) is 17.8 Å². The molecule has 2 heterocycles. The minimum atomic E-state index is -0.881. The van der Waals surface area contributed by atoms with Gasteiger partial charge in [0.05, 0.1) is 19.4 Å². The van der Waals surface area contributed by atoms with Gasteiger partial charge in [0, 0.05) is 12.3 Å². The first-order chi connectivity index (χ1) is 9.60. The highest BCUT2D eigenvalue weighted by molar-refractivity contribution is 7.99. The molecule has 8 heteroatoms. The fourth-order valence-electron chi connectivity index (χ4n) is 1.58. The van der Waals surface area contributed by atoms with E-state index < -0.39 is 5.97 Å². The van der Waals surface area contributed by atoms with E-state index in [0.717, 1.165) is 23.1 Å². The summed E-state index contributed by atoms with van der Waals surface area (Å²) in [7, 11) is 1.56. The number of aromatic nitrogens is 4. The number of rotatable bonds is 6. The SMILES string of the molecule is COc1ccc(Cn2c(C)nnc2SCC(=O)O)cn1. The van der Waals surface area contributed by atoms with Crippen molar-refractivity contribution in [3.8, 4) is 5.88 Å². The number of pyridine rings is 1. The van der Waals surface area contributed by atoms with Crippen LogP contribution in [-0.2, 0) is 11.3 Å². The van der Waals surface area contributed by atoms with Gasteiger partial charge in [0.1, 0.15) is 5.82 Å². The predicted octanol–water partition coefficient (Wildman–Crippen LogP) is 1.22. The maximum absolute atomic E-state index is 10.6. The molecule has 2 aromatic heterocycles. The average Bonchev–Trinajstić information content (AvgIpc) is 2.78. The molecule has 0 aliphatic heterocycles. The fraction of sp³-hybridized carbons (Fsp3) is 0.333. The molecule has 0 atom stereocenters. The van der Waals surface area contributed by atoms with E-state index in [1.54, 1.807) is 19.4 Å². The van der Waals surface area contributed by atoms with Crippen LogP contribution in [-0.4, -0.2) is 43.7 Å². The molecule has 1 N–H and O–H groups in total. The summed E-state index contributed by atoms with van der Waals surface area (Å²) >= 11 is 1.15. The van der Waals surface area contributed by atoms with E-state index in [-0.39, 0.29) is 5.75 Å². The van der Waals surface area contributed by atoms with Gasteiger partial charge in [-0.05, 0) is 12.5 Å². The molecule has 7 nitrogen and oxygen atoms in total. The molecule has 0 radical (unpaired) electrons. The lowest BCUT2D eigenvalue weighted by molar-refractivity contribution is -0.133. The molecule has 0 aliphatic rings. The summed E-state index contributed by atoms with van der Waals surface area (Å²) in [6.45, 7) is 2.37. The number of carboxylic acids is 1. The minimum absolute atomic E-state index is 0.0427. The third kappa shape index (κ3) is 3.47. The van der Waals surface area contributed by atoms with Gasteiger partial charge in [-0.15, -0.1) is 10.2 Å². The van der Waals surface area contributed by atoms with E-state index in [2.05, 4.69) is 15.2 Å². The van der Waals surface area contributed by atoms with Crippen LogP contribution in [0.15, 0.2) is 23.5 Å². The molecule has 0 saturated carbocycles. The number of hydrogen-bond acceptors (Lipinski definition) is 6. The number of ether oxygens (including phenoxy) is 1. The van der Waals surface area contributed by atoms with Crippen molar-refractivity contribution < 1.29 is 14.6 Å². The second-order valence-corrected chi connectivity index (χ2v) is 4.95. The molecule has 2 rings (SSSR count). The molecule has 0 aliphatic carbocycles. The van der Waals surface area contributed by atoms with Crippen LogP contribution >= 0.6 is 11.8 Å².